The van der Waals surface area contributed by atoms with Crippen molar-refractivity contribution < 1.29 is 36.7 Å². The van der Waals surface area contributed by atoms with Gasteiger partial charge >= 0.3 is 0 Å². The minimum absolute atomic E-state index is 0.0653. The molecule has 9 nitrogen and oxygen atoms in total. The summed E-state index contributed by atoms with van der Waals surface area (Å²) < 4.78 is 46.8. The summed E-state index contributed by atoms with van der Waals surface area (Å²) in [6.07, 6.45) is -3.71. The van der Waals surface area contributed by atoms with Gasteiger partial charge in [-0.15, -0.1) is 0 Å². The van der Waals surface area contributed by atoms with Crippen LogP contribution in [-0.4, -0.2) is 62.9 Å². The molecule has 5 atom stereocenters. The third-order valence-corrected chi connectivity index (χ3v) is 5.57. The molecule has 1 amide bonds. The van der Waals surface area contributed by atoms with Gasteiger partial charge in [-0.1, -0.05) is 60.7 Å². The molecule has 2 aromatic carbocycles. The maximum absolute atomic E-state index is 12.0. The summed E-state index contributed by atoms with van der Waals surface area (Å²) >= 11 is 0. The second-order valence-electron chi connectivity index (χ2n) is 7.82. The van der Waals surface area contributed by atoms with E-state index < -0.39 is 46.7 Å². The van der Waals surface area contributed by atoms with Crippen molar-refractivity contribution >= 4 is 16.0 Å². The van der Waals surface area contributed by atoms with Crippen molar-refractivity contribution in [3.05, 3.63) is 71.8 Å². The number of hydrogen-bond acceptors (Lipinski definition) is 8. The maximum atomic E-state index is 12.0. The number of rotatable bonds is 10. The largest absolute Gasteiger partial charge is 0.374 e. The van der Waals surface area contributed by atoms with Gasteiger partial charge in [0.25, 0.3) is 10.1 Å². The zero-order chi connectivity index (χ0) is 23.8. The van der Waals surface area contributed by atoms with Gasteiger partial charge in [0.2, 0.25) is 5.91 Å². The Balaban J connectivity index is 1.81. The van der Waals surface area contributed by atoms with E-state index >= 15 is 0 Å². The Morgan fingerprint density at radius 1 is 1.00 bits per heavy atom. The van der Waals surface area contributed by atoms with Crippen molar-refractivity contribution in [2.45, 2.75) is 50.8 Å². The molecule has 0 spiro atoms. The molecule has 1 aliphatic rings. The Hall–Kier alpha value is -2.34. The van der Waals surface area contributed by atoms with Crippen molar-refractivity contribution in [2.75, 3.05) is 12.9 Å². The normalized spacial score (nSPS) is 25.5. The minimum Gasteiger partial charge on any atom is -0.374 e. The Morgan fingerprint density at radius 2 is 1.58 bits per heavy atom. The molecule has 33 heavy (non-hydrogen) atoms. The molecule has 1 fully saturated rings. The zero-order valence-electron chi connectivity index (χ0n) is 18.5. The number of carbonyl (C=O) groups excluding carboxylic acids is 1. The molecule has 1 saturated heterocycles. The van der Waals surface area contributed by atoms with Gasteiger partial charge in [-0.25, -0.2) is 0 Å². The van der Waals surface area contributed by atoms with Gasteiger partial charge in [0.1, 0.15) is 24.4 Å². The Kier molecular flexibility index (Phi) is 8.95. The lowest BCUT2D eigenvalue weighted by Gasteiger charge is -2.44. The second-order valence-corrected chi connectivity index (χ2v) is 9.42. The molecule has 0 unspecified atom stereocenters. The molecule has 1 heterocycles. The van der Waals surface area contributed by atoms with Gasteiger partial charge in [0.05, 0.1) is 26.1 Å². The maximum Gasteiger partial charge on any atom is 0.264 e. The Morgan fingerprint density at radius 3 is 2.12 bits per heavy atom. The molecule has 0 saturated carbocycles. The second kappa shape index (κ2) is 11.7. The van der Waals surface area contributed by atoms with Crippen LogP contribution in [-0.2, 0) is 46.5 Å². The fraction of sp³-hybridized carbons (Fsp3) is 0.435. The number of carbonyl (C=O) groups is 1. The van der Waals surface area contributed by atoms with Crippen molar-refractivity contribution in [3.63, 3.8) is 0 Å². The number of aliphatic hydroxyl groups is 1. The molecule has 3 rings (SSSR count). The highest BCUT2D eigenvalue weighted by Gasteiger charge is 2.49. The standard InChI is InChI=1S/C23H29NO8S/c1-16(25)24-20-22(30-14-18-11-7-4-8-12-18)21(32-33(2,27)28)19(31-23(20)26)15-29-13-17-9-5-3-6-10-17/h3-12,19-23,26H,13-15H2,1-2H3,(H,24,25)/t19-,20-,21+,22-,23-/m1/s1. The van der Waals surface area contributed by atoms with Gasteiger partial charge in [0.15, 0.2) is 6.29 Å². The van der Waals surface area contributed by atoms with E-state index in [1.807, 2.05) is 60.7 Å². The van der Waals surface area contributed by atoms with Crippen LogP contribution in [0.5, 0.6) is 0 Å². The number of nitrogens with one attached hydrogen (secondary N) is 1. The average Bonchev–Trinajstić information content (AvgIpc) is 2.76. The highest BCUT2D eigenvalue weighted by molar-refractivity contribution is 7.86. The minimum atomic E-state index is -3.93. The van der Waals surface area contributed by atoms with Crippen LogP contribution < -0.4 is 5.32 Å². The van der Waals surface area contributed by atoms with Gasteiger partial charge in [-0.05, 0) is 11.1 Å². The van der Waals surface area contributed by atoms with Gasteiger partial charge in [-0.3, -0.25) is 8.98 Å². The summed E-state index contributed by atoms with van der Waals surface area (Å²) in [7, 11) is -3.93. The summed E-state index contributed by atoms with van der Waals surface area (Å²) in [4.78, 5) is 11.8. The predicted octanol–water partition coefficient (Wildman–Crippen LogP) is 1.36. The molecule has 0 aromatic heterocycles. The van der Waals surface area contributed by atoms with Crippen LogP contribution >= 0.6 is 0 Å². The first-order valence-corrected chi connectivity index (χ1v) is 12.3. The lowest BCUT2D eigenvalue weighted by molar-refractivity contribution is -0.261. The number of aliphatic hydroxyl groups excluding tert-OH is 1. The lowest BCUT2D eigenvalue weighted by Crippen LogP contribution is -2.65. The molecular formula is C23H29NO8S. The third-order valence-electron chi connectivity index (χ3n) is 5.00. The van der Waals surface area contributed by atoms with Crippen LogP contribution in [0.15, 0.2) is 60.7 Å². The molecule has 10 heteroatoms. The first kappa shape index (κ1) is 25.3. The van der Waals surface area contributed by atoms with E-state index in [9.17, 15) is 18.3 Å². The fourth-order valence-electron chi connectivity index (χ4n) is 3.59. The SMILES string of the molecule is CC(=O)N[C@@H]1[C@@H](OCc2ccccc2)[C@@H](OS(C)(=O)=O)[C@@H](COCc2ccccc2)O[C@H]1O. The van der Waals surface area contributed by atoms with E-state index in [2.05, 4.69) is 5.32 Å². The van der Waals surface area contributed by atoms with E-state index in [0.29, 0.717) is 0 Å². The van der Waals surface area contributed by atoms with E-state index in [0.717, 1.165) is 17.4 Å². The highest BCUT2D eigenvalue weighted by atomic mass is 32.2. The Labute approximate surface area is 193 Å². The van der Waals surface area contributed by atoms with Crippen molar-refractivity contribution in [2.24, 2.45) is 0 Å². The summed E-state index contributed by atoms with van der Waals surface area (Å²) in [6, 6.07) is 17.6. The monoisotopic (exact) mass is 479 g/mol. The summed E-state index contributed by atoms with van der Waals surface area (Å²) in [5, 5.41) is 13.2. The van der Waals surface area contributed by atoms with Crippen molar-refractivity contribution in [3.8, 4) is 0 Å². The highest BCUT2D eigenvalue weighted by Crippen LogP contribution is 2.28. The molecule has 2 N–H and O–H groups in total. The zero-order valence-corrected chi connectivity index (χ0v) is 19.3. The Bertz CT molecular complexity index is 986. The number of amides is 1. The lowest BCUT2D eigenvalue weighted by atomic mass is 9.96. The molecule has 0 bridgehead atoms. The average molecular weight is 480 g/mol. The van der Waals surface area contributed by atoms with Crippen LogP contribution in [0.2, 0.25) is 0 Å². The molecule has 180 valence electrons. The fourth-order valence-corrected chi connectivity index (χ4v) is 4.23. The van der Waals surface area contributed by atoms with Crippen LogP contribution in [0.4, 0.5) is 0 Å². The van der Waals surface area contributed by atoms with Gasteiger partial charge in [-0.2, -0.15) is 8.42 Å². The van der Waals surface area contributed by atoms with Crippen molar-refractivity contribution in [1.82, 2.24) is 5.32 Å². The predicted molar refractivity (Wildman–Crippen MR) is 119 cm³/mol. The number of hydrogen-bond donors (Lipinski definition) is 2. The van der Waals surface area contributed by atoms with E-state index in [1.165, 1.54) is 6.92 Å². The van der Waals surface area contributed by atoms with Gasteiger partial charge in [0, 0.05) is 6.92 Å². The number of ether oxygens (including phenoxy) is 3. The van der Waals surface area contributed by atoms with E-state index in [4.69, 9.17) is 18.4 Å². The molecular weight excluding hydrogens is 450 g/mol. The van der Waals surface area contributed by atoms with Crippen LogP contribution in [0.25, 0.3) is 0 Å². The quantitative estimate of drug-likeness (QED) is 0.490. The van der Waals surface area contributed by atoms with E-state index in [-0.39, 0.29) is 19.8 Å². The van der Waals surface area contributed by atoms with Crippen LogP contribution in [0.1, 0.15) is 18.1 Å². The molecule has 0 aliphatic carbocycles. The topological polar surface area (TPSA) is 120 Å². The first-order chi connectivity index (χ1) is 15.7. The molecule has 2 aromatic rings. The summed E-state index contributed by atoms with van der Waals surface area (Å²) in [5.74, 6) is -0.437. The van der Waals surface area contributed by atoms with Gasteiger partial charge < -0.3 is 24.6 Å². The van der Waals surface area contributed by atoms with E-state index in [1.54, 1.807) is 0 Å². The first-order valence-electron chi connectivity index (χ1n) is 10.5. The molecule has 1 aliphatic heterocycles. The summed E-state index contributed by atoms with van der Waals surface area (Å²) in [6.45, 7) is 1.58. The number of benzene rings is 2. The third kappa shape index (κ3) is 7.88. The van der Waals surface area contributed by atoms with Crippen LogP contribution in [0, 0.1) is 0 Å². The van der Waals surface area contributed by atoms with Crippen LogP contribution in [0.3, 0.4) is 0 Å². The molecule has 0 radical (unpaired) electrons. The summed E-state index contributed by atoms with van der Waals surface area (Å²) in [5.41, 5.74) is 1.75. The smallest absolute Gasteiger partial charge is 0.264 e. The van der Waals surface area contributed by atoms with Crippen molar-refractivity contribution in [1.29, 1.82) is 0 Å².